The van der Waals surface area contributed by atoms with Crippen LogP contribution in [0, 0.1) is 22.7 Å². The van der Waals surface area contributed by atoms with Gasteiger partial charge in [0.1, 0.15) is 17.2 Å². The molecule has 0 unspecified atom stereocenters. The van der Waals surface area contributed by atoms with Gasteiger partial charge in [0, 0.05) is 64.1 Å². The highest BCUT2D eigenvalue weighted by molar-refractivity contribution is 7.25. The molecule has 254 valence electrons. The van der Waals surface area contributed by atoms with E-state index in [0.717, 1.165) is 82.8 Å². The van der Waals surface area contributed by atoms with Crippen molar-refractivity contribution in [3.63, 3.8) is 0 Å². The molecular formula is C50H27N3OS. The smallest absolute Gasteiger partial charge is 0.136 e. The Morgan fingerprint density at radius 2 is 1.16 bits per heavy atom. The average Bonchev–Trinajstić information content (AvgIpc) is 3.91. The van der Waals surface area contributed by atoms with Crippen LogP contribution in [0.2, 0.25) is 0 Å². The summed E-state index contributed by atoms with van der Waals surface area (Å²) in [6.07, 6.45) is 0. The van der Waals surface area contributed by atoms with E-state index in [4.69, 9.17) is 4.42 Å². The summed E-state index contributed by atoms with van der Waals surface area (Å²) in [6, 6.07) is 61.3. The summed E-state index contributed by atoms with van der Waals surface area (Å²) in [6.45, 7) is 0. The predicted molar refractivity (Wildman–Crippen MR) is 227 cm³/mol. The number of nitriles is 2. The maximum atomic E-state index is 10.8. The fraction of sp³-hybridized carbons (Fsp3) is 0. The van der Waals surface area contributed by atoms with E-state index in [1.165, 1.54) is 20.2 Å². The lowest BCUT2D eigenvalue weighted by Crippen LogP contribution is -1.98. The Balaban J connectivity index is 1.21. The molecule has 11 rings (SSSR count). The fourth-order valence-corrected chi connectivity index (χ4v) is 9.53. The number of fused-ring (bicyclic) bond motifs is 9. The molecule has 3 heterocycles. The number of nitrogens with zero attached hydrogens (tertiary/aromatic N) is 3. The molecular weight excluding hydrogens is 691 g/mol. The summed E-state index contributed by atoms with van der Waals surface area (Å²) >= 11 is 1.80. The van der Waals surface area contributed by atoms with Crippen molar-refractivity contribution in [3.05, 3.63) is 175 Å². The van der Waals surface area contributed by atoms with E-state index in [0.29, 0.717) is 11.1 Å². The van der Waals surface area contributed by atoms with E-state index in [1.807, 2.05) is 48.5 Å². The van der Waals surface area contributed by atoms with Crippen molar-refractivity contribution < 1.29 is 4.42 Å². The second-order valence-corrected chi connectivity index (χ2v) is 14.9. The molecule has 0 radical (unpaired) electrons. The maximum Gasteiger partial charge on any atom is 0.136 e. The molecule has 0 aliphatic heterocycles. The highest BCUT2D eigenvalue weighted by Gasteiger charge is 2.21. The molecule has 4 nitrogen and oxygen atoms in total. The molecule has 0 spiro atoms. The van der Waals surface area contributed by atoms with Crippen LogP contribution in [-0.4, -0.2) is 4.57 Å². The second kappa shape index (κ2) is 12.0. The van der Waals surface area contributed by atoms with E-state index in [1.54, 1.807) is 17.4 Å². The first kappa shape index (κ1) is 31.1. The van der Waals surface area contributed by atoms with Gasteiger partial charge >= 0.3 is 0 Å². The van der Waals surface area contributed by atoms with Crippen molar-refractivity contribution in [1.82, 2.24) is 4.57 Å². The van der Waals surface area contributed by atoms with Crippen molar-refractivity contribution in [2.75, 3.05) is 0 Å². The summed E-state index contributed by atoms with van der Waals surface area (Å²) in [5.74, 6) is 0. The first-order chi connectivity index (χ1) is 27.2. The number of para-hydroxylation sites is 2. The van der Waals surface area contributed by atoms with Gasteiger partial charge in [-0.25, -0.2) is 0 Å². The van der Waals surface area contributed by atoms with Crippen LogP contribution in [0.15, 0.2) is 168 Å². The molecule has 8 aromatic carbocycles. The van der Waals surface area contributed by atoms with Gasteiger partial charge in [-0.05, 0) is 77.4 Å². The maximum absolute atomic E-state index is 10.8. The lowest BCUT2D eigenvalue weighted by atomic mass is 9.87. The minimum Gasteiger partial charge on any atom is -0.456 e. The van der Waals surface area contributed by atoms with Gasteiger partial charge in [-0.3, -0.25) is 0 Å². The summed E-state index contributed by atoms with van der Waals surface area (Å²) in [7, 11) is 0. The largest absolute Gasteiger partial charge is 0.456 e. The van der Waals surface area contributed by atoms with Crippen LogP contribution in [0.25, 0.3) is 103 Å². The summed E-state index contributed by atoms with van der Waals surface area (Å²) < 4.78 is 11.2. The molecule has 55 heavy (non-hydrogen) atoms. The van der Waals surface area contributed by atoms with Crippen molar-refractivity contribution in [3.8, 4) is 51.2 Å². The van der Waals surface area contributed by atoms with Crippen LogP contribution in [-0.2, 0) is 0 Å². The number of benzene rings is 8. The second-order valence-electron chi connectivity index (χ2n) is 13.9. The van der Waals surface area contributed by atoms with Crippen LogP contribution in [0.5, 0.6) is 0 Å². The Morgan fingerprint density at radius 1 is 0.436 bits per heavy atom. The van der Waals surface area contributed by atoms with Crippen LogP contribution >= 0.6 is 11.3 Å². The summed E-state index contributed by atoms with van der Waals surface area (Å²) in [5.41, 5.74) is 11.3. The molecule has 0 bridgehead atoms. The number of furan rings is 1. The standard InChI is InChI=1S/C50H27N3OS/c51-28-31-10-1-2-11-33(31)34-15-9-16-35(44(34)29-52)36-22-21-32(25-40(36)30-20-23-50-43(24-30)39-14-5-8-19-49(39)55-50)53-45-17-6-3-12-37(45)41-27-48-42(26-46(41)53)38-13-4-7-18-47(38)54-48/h1-27H. The highest BCUT2D eigenvalue weighted by atomic mass is 32.1. The van der Waals surface area contributed by atoms with E-state index in [9.17, 15) is 10.5 Å². The third-order valence-electron chi connectivity index (χ3n) is 10.9. The van der Waals surface area contributed by atoms with Gasteiger partial charge in [0.15, 0.2) is 0 Å². The monoisotopic (exact) mass is 717 g/mol. The van der Waals surface area contributed by atoms with Gasteiger partial charge in [-0.2, -0.15) is 10.5 Å². The zero-order valence-corrected chi connectivity index (χ0v) is 30.1. The van der Waals surface area contributed by atoms with Crippen molar-refractivity contribution >= 4 is 75.3 Å². The Hall–Kier alpha value is -7.44. The van der Waals surface area contributed by atoms with Crippen LogP contribution < -0.4 is 0 Å². The van der Waals surface area contributed by atoms with Gasteiger partial charge in [0.25, 0.3) is 0 Å². The molecule has 0 fully saturated rings. The van der Waals surface area contributed by atoms with Gasteiger partial charge in [-0.15, -0.1) is 11.3 Å². The molecule has 0 amide bonds. The average molecular weight is 718 g/mol. The van der Waals surface area contributed by atoms with Crippen LogP contribution in [0.4, 0.5) is 0 Å². The van der Waals surface area contributed by atoms with Crippen LogP contribution in [0.3, 0.4) is 0 Å². The van der Waals surface area contributed by atoms with E-state index in [2.05, 4.69) is 126 Å². The quantitative estimate of drug-likeness (QED) is 0.182. The first-order valence-corrected chi connectivity index (χ1v) is 18.9. The molecule has 11 aromatic rings. The number of hydrogen-bond donors (Lipinski definition) is 0. The van der Waals surface area contributed by atoms with Crippen molar-refractivity contribution in [2.24, 2.45) is 0 Å². The zero-order chi connectivity index (χ0) is 36.6. The molecule has 5 heteroatoms. The topological polar surface area (TPSA) is 65.7 Å². The molecule has 0 saturated heterocycles. The Labute approximate surface area is 319 Å². The Kier molecular flexibility index (Phi) is 6.82. The minimum atomic E-state index is 0.535. The Bertz CT molecular complexity index is 3480. The van der Waals surface area contributed by atoms with Crippen LogP contribution in [0.1, 0.15) is 11.1 Å². The van der Waals surface area contributed by atoms with Gasteiger partial charge in [-0.1, -0.05) is 103 Å². The van der Waals surface area contributed by atoms with Gasteiger partial charge in [0.05, 0.1) is 28.2 Å². The lowest BCUT2D eigenvalue weighted by Gasteiger charge is -2.17. The predicted octanol–water partition coefficient (Wildman–Crippen LogP) is 13.8. The first-order valence-electron chi connectivity index (χ1n) is 18.1. The van der Waals surface area contributed by atoms with Gasteiger partial charge < -0.3 is 8.98 Å². The van der Waals surface area contributed by atoms with Gasteiger partial charge in [0.2, 0.25) is 0 Å². The summed E-state index contributed by atoms with van der Waals surface area (Å²) in [4.78, 5) is 0. The number of hydrogen-bond acceptors (Lipinski definition) is 4. The van der Waals surface area contributed by atoms with Crippen molar-refractivity contribution in [2.45, 2.75) is 0 Å². The van der Waals surface area contributed by atoms with E-state index < -0.39 is 0 Å². The zero-order valence-electron chi connectivity index (χ0n) is 29.2. The highest BCUT2D eigenvalue weighted by Crippen LogP contribution is 2.44. The Morgan fingerprint density at radius 3 is 2.04 bits per heavy atom. The third kappa shape index (κ3) is 4.68. The molecule has 0 atom stereocenters. The van der Waals surface area contributed by atoms with E-state index >= 15 is 0 Å². The minimum absolute atomic E-state index is 0.535. The lowest BCUT2D eigenvalue weighted by molar-refractivity contribution is 0.669. The normalized spacial score (nSPS) is 11.6. The van der Waals surface area contributed by atoms with Crippen molar-refractivity contribution in [1.29, 1.82) is 10.5 Å². The molecule has 0 aliphatic rings. The SMILES string of the molecule is N#Cc1ccccc1-c1cccc(-c2ccc(-n3c4ccccc4c4cc5oc6ccccc6c5cc43)cc2-c2ccc3sc4ccccc4c3c2)c1C#N. The molecule has 0 saturated carbocycles. The summed E-state index contributed by atoms with van der Waals surface area (Å²) in [5, 5.41) is 27.7. The number of thiophene rings is 1. The molecule has 3 aromatic heterocycles. The number of aromatic nitrogens is 1. The van der Waals surface area contributed by atoms with E-state index in [-0.39, 0.29) is 0 Å². The molecule has 0 aliphatic carbocycles. The fourth-order valence-electron chi connectivity index (χ4n) is 8.44. The third-order valence-corrected chi connectivity index (χ3v) is 12.1. The number of rotatable bonds is 4. The molecule has 0 N–H and O–H groups in total.